The summed E-state index contributed by atoms with van der Waals surface area (Å²) in [6.07, 6.45) is -6.03. The smallest absolute Gasteiger partial charge is 0.455 e. The average Bonchev–Trinajstić information content (AvgIpc) is 2.46. The molecule has 0 radical (unpaired) electrons. The van der Waals surface area contributed by atoms with Crippen LogP contribution in [0.25, 0.3) is 0 Å². The van der Waals surface area contributed by atoms with E-state index in [9.17, 15) is 40.0 Å². The van der Waals surface area contributed by atoms with Crippen molar-refractivity contribution < 1.29 is 58.7 Å². The Balaban J connectivity index is 6.42. The van der Waals surface area contributed by atoms with E-state index in [1.807, 2.05) is 0 Å². The molecule has 29 heavy (non-hydrogen) atoms. The molecule has 0 spiro atoms. The van der Waals surface area contributed by atoms with Crippen LogP contribution < -0.4 is 0 Å². The number of rotatable bonds is 8. The summed E-state index contributed by atoms with van der Waals surface area (Å²) in [6.45, 7) is 4.45. The van der Waals surface area contributed by atoms with E-state index in [1.54, 1.807) is 0 Å². The van der Waals surface area contributed by atoms with Crippen LogP contribution >= 0.6 is 0 Å². The van der Waals surface area contributed by atoms with Crippen LogP contribution in [-0.4, -0.2) is 54.3 Å². The van der Waals surface area contributed by atoms with E-state index in [0.717, 1.165) is 34.6 Å². The summed E-state index contributed by atoms with van der Waals surface area (Å²) in [5.41, 5.74) is -3.21. The Morgan fingerprint density at radius 3 is 1.66 bits per heavy atom. The van der Waals surface area contributed by atoms with Crippen LogP contribution in [0.2, 0.25) is 0 Å². The predicted molar refractivity (Wildman–Crippen MR) is 87.2 cm³/mol. The molecule has 14 heteroatoms. The summed E-state index contributed by atoms with van der Waals surface area (Å²) < 4.78 is 111. The zero-order valence-electron chi connectivity index (χ0n) is 16.5. The SMILES string of the molecule is CCC(C)(C)C(=O)OC(OCC(F)(F)S(=O)(=O)O)(C(=O)OC(C)(C)C)C(F)(F)F. The summed E-state index contributed by atoms with van der Waals surface area (Å²) in [4.78, 5) is 24.4. The lowest BCUT2D eigenvalue weighted by molar-refractivity contribution is -0.365. The number of halogens is 5. The first kappa shape index (κ1) is 27.5. The van der Waals surface area contributed by atoms with Gasteiger partial charge >= 0.3 is 39.3 Å². The highest BCUT2D eigenvalue weighted by Gasteiger charge is 2.70. The van der Waals surface area contributed by atoms with Crippen molar-refractivity contribution in [3.63, 3.8) is 0 Å². The van der Waals surface area contributed by atoms with Gasteiger partial charge in [-0.1, -0.05) is 6.92 Å². The molecule has 0 aromatic rings. The molecule has 0 rings (SSSR count). The van der Waals surface area contributed by atoms with Crippen molar-refractivity contribution in [1.82, 2.24) is 0 Å². The molecule has 0 aliphatic carbocycles. The Morgan fingerprint density at radius 1 is 0.897 bits per heavy atom. The summed E-state index contributed by atoms with van der Waals surface area (Å²) >= 11 is 0. The first-order valence-electron chi connectivity index (χ1n) is 8.05. The largest absolute Gasteiger partial charge is 0.468 e. The Hall–Kier alpha value is -1.54. The van der Waals surface area contributed by atoms with Crippen molar-refractivity contribution in [2.45, 2.75) is 70.8 Å². The van der Waals surface area contributed by atoms with E-state index in [2.05, 4.69) is 14.2 Å². The number of alkyl halides is 5. The summed E-state index contributed by atoms with van der Waals surface area (Å²) in [5.74, 6) is -8.78. The summed E-state index contributed by atoms with van der Waals surface area (Å²) in [5, 5.41) is -5.25. The molecule has 172 valence electrons. The number of esters is 2. The molecule has 0 aromatic carbocycles. The Bertz CT molecular complexity index is 724. The van der Waals surface area contributed by atoms with Gasteiger partial charge in [-0.05, 0) is 41.0 Å². The van der Waals surface area contributed by atoms with Crippen molar-refractivity contribution >= 4 is 22.1 Å². The Kier molecular flexibility index (Phi) is 7.86. The third kappa shape index (κ3) is 6.74. The molecule has 0 saturated heterocycles. The second-order valence-corrected chi connectivity index (χ2v) is 9.19. The fraction of sp³-hybridized carbons (Fsp3) is 0.867. The monoisotopic (exact) mass is 458 g/mol. The second-order valence-electron chi connectivity index (χ2n) is 7.64. The summed E-state index contributed by atoms with van der Waals surface area (Å²) in [6, 6.07) is 0. The number of carbonyl (C=O) groups is 2. The van der Waals surface area contributed by atoms with E-state index >= 15 is 0 Å². The number of carbonyl (C=O) groups excluding carboxylic acids is 2. The van der Waals surface area contributed by atoms with Gasteiger partial charge in [0.15, 0.2) is 0 Å². The average molecular weight is 458 g/mol. The van der Waals surface area contributed by atoms with Crippen molar-refractivity contribution in [1.29, 1.82) is 0 Å². The molecule has 0 amide bonds. The lowest BCUT2D eigenvalue weighted by atomic mass is 9.90. The zero-order chi connectivity index (χ0) is 23.7. The first-order chi connectivity index (χ1) is 12.5. The molecule has 1 N–H and O–H groups in total. The number of ether oxygens (including phenoxy) is 3. The van der Waals surface area contributed by atoms with Gasteiger partial charge in [-0.15, -0.1) is 0 Å². The Labute approximate surface area is 164 Å². The third-order valence-corrected chi connectivity index (χ3v) is 4.41. The molecule has 8 nitrogen and oxygen atoms in total. The van der Waals surface area contributed by atoms with Gasteiger partial charge in [-0.2, -0.15) is 30.4 Å². The fourth-order valence-corrected chi connectivity index (χ4v) is 1.61. The Morgan fingerprint density at radius 2 is 1.34 bits per heavy atom. The minimum absolute atomic E-state index is 0.0741. The van der Waals surface area contributed by atoms with Gasteiger partial charge in [0.2, 0.25) is 0 Å². The van der Waals surface area contributed by atoms with Crippen LogP contribution in [0.3, 0.4) is 0 Å². The van der Waals surface area contributed by atoms with Gasteiger partial charge in [0, 0.05) is 0 Å². The van der Waals surface area contributed by atoms with Crippen LogP contribution in [0.5, 0.6) is 0 Å². The number of hydrogen-bond donors (Lipinski definition) is 1. The third-order valence-electron chi connectivity index (χ3n) is 3.53. The highest BCUT2D eigenvalue weighted by molar-refractivity contribution is 7.86. The van der Waals surface area contributed by atoms with Gasteiger partial charge in [0.05, 0.1) is 5.41 Å². The standard InChI is InChI=1S/C15H23F5O8S/c1-7-12(5,6)9(21)28-14(15(18,19)20,10(22)27-11(2,3)4)26-8-13(16,17)29(23,24)25/h7-8H2,1-6H3,(H,23,24,25). The van der Waals surface area contributed by atoms with E-state index in [1.165, 1.54) is 6.92 Å². The van der Waals surface area contributed by atoms with E-state index in [4.69, 9.17) is 4.55 Å². The zero-order valence-corrected chi connectivity index (χ0v) is 17.3. The van der Waals surface area contributed by atoms with Crippen molar-refractivity contribution in [3.8, 4) is 0 Å². The molecular weight excluding hydrogens is 435 g/mol. The molecular formula is C15H23F5O8S. The highest BCUT2D eigenvalue weighted by Crippen LogP contribution is 2.40. The van der Waals surface area contributed by atoms with Crippen molar-refractivity contribution in [2.24, 2.45) is 5.41 Å². The topological polar surface area (TPSA) is 116 Å². The summed E-state index contributed by atoms with van der Waals surface area (Å²) in [7, 11) is -6.21. The van der Waals surface area contributed by atoms with Gasteiger partial charge in [-0.25, -0.2) is 4.79 Å². The van der Waals surface area contributed by atoms with Gasteiger partial charge < -0.3 is 14.2 Å². The molecule has 1 unspecified atom stereocenters. The molecule has 1 atom stereocenters. The van der Waals surface area contributed by atoms with Crippen LogP contribution in [0.15, 0.2) is 0 Å². The van der Waals surface area contributed by atoms with E-state index in [-0.39, 0.29) is 6.42 Å². The highest BCUT2D eigenvalue weighted by atomic mass is 32.2. The molecule has 0 heterocycles. The molecule has 0 aliphatic heterocycles. The van der Waals surface area contributed by atoms with Gasteiger partial charge in [0.25, 0.3) is 0 Å². The van der Waals surface area contributed by atoms with Crippen LogP contribution in [0.4, 0.5) is 22.0 Å². The fourth-order valence-electron chi connectivity index (χ4n) is 1.40. The first-order valence-corrected chi connectivity index (χ1v) is 9.49. The normalized spacial score (nSPS) is 16.1. The minimum Gasteiger partial charge on any atom is -0.455 e. The van der Waals surface area contributed by atoms with Crippen molar-refractivity contribution in [3.05, 3.63) is 0 Å². The quantitative estimate of drug-likeness (QED) is 0.255. The molecule has 0 aliphatic rings. The van der Waals surface area contributed by atoms with E-state index in [0.29, 0.717) is 0 Å². The second kappa shape index (κ2) is 8.30. The molecule has 0 saturated carbocycles. The lowest BCUT2D eigenvalue weighted by Gasteiger charge is -2.36. The lowest BCUT2D eigenvalue weighted by Crippen LogP contribution is -2.61. The molecule has 0 aromatic heterocycles. The maximum Gasteiger partial charge on any atom is 0.468 e. The molecule has 0 fully saturated rings. The minimum atomic E-state index is -6.21. The number of hydrogen-bond acceptors (Lipinski definition) is 7. The maximum atomic E-state index is 13.8. The van der Waals surface area contributed by atoms with Gasteiger partial charge in [-0.3, -0.25) is 9.35 Å². The van der Waals surface area contributed by atoms with Crippen LogP contribution in [0.1, 0.15) is 48.0 Å². The van der Waals surface area contributed by atoms with Crippen molar-refractivity contribution in [2.75, 3.05) is 6.61 Å². The predicted octanol–water partition coefficient (Wildman–Crippen LogP) is 3.06. The maximum absolute atomic E-state index is 13.8. The molecule has 0 bridgehead atoms. The van der Waals surface area contributed by atoms with Gasteiger partial charge in [0.1, 0.15) is 12.2 Å². The van der Waals surface area contributed by atoms with Crippen LogP contribution in [0, 0.1) is 5.41 Å². The van der Waals surface area contributed by atoms with Crippen LogP contribution in [-0.2, 0) is 33.9 Å². The van der Waals surface area contributed by atoms with E-state index < -0.39 is 56.9 Å².